The summed E-state index contributed by atoms with van der Waals surface area (Å²) in [6.07, 6.45) is 2.18. The molecule has 2 N–H and O–H groups in total. The molecule has 3 fully saturated rings. The van der Waals surface area contributed by atoms with E-state index in [9.17, 15) is 9.59 Å². The highest BCUT2D eigenvalue weighted by Gasteiger charge is 2.51. The lowest BCUT2D eigenvalue weighted by molar-refractivity contribution is -0.143. The second-order valence-electron chi connectivity index (χ2n) is 7.24. The Bertz CT molecular complexity index is 734. The number of amides is 1. The molecule has 1 amide bonds. The van der Waals surface area contributed by atoms with E-state index in [1.54, 1.807) is 11.8 Å². The third-order valence-electron chi connectivity index (χ3n) is 5.60. The maximum absolute atomic E-state index is 13.1. The number of ether oxygens (including phenoxy) is 1. The molecule has 2 bridgehead atoms. The van der Waals surface area contributed by atoms with Crippen LogP contribution in [0.25, 0.3) is 0 Å². The van der Waals surface area contributed by atoms with Gasteiger partial charge in [0.1, 0.15) is 5.75 Å². The smallest absolute Gasteiger partial charge is 0.264 e. The maximum atomic E-state index is 13.1. The van der Waals surface area contributed by atoms with Crippen molar-refractivity contribution in [1.29, 1.82) is 0 Å². The molecule has 1 aromatic carbocycles. The van der Waals surface area contributed by atoms with Crippen molar-refractivity contribution in [2.24, 2.45) is 0 Å². The molecule has 6 heteroatoms. The number of hydrogen-bond acceptors (Lipinski definition) is 5. The molecule has 3 aliphatic rings. The topological polar surface area (TPSA) is 67.4 Å². The number of nitrogens with one attached hydrogen (secondary N) is 2. The monoisotopic (exact) mass is 400 g/mol. The Kier molecular flexibility index (Phi) is 6.97. The van der Waals surface area contributed by atoms with Crippen molar-refractivity contribution in [3.63, 3.8) is 0 Å². The lowest BCUT2D eigenvalue weighted by Gasteiger charge is -2.44. The second-order valence-corrected chi connectivity index (χ2v) is 8.35. The molecule has 2 heterocycles. The first kappa shape index (κ1) is 20.7. The highest BCUT2D eigenvalue weighted by Crippen LogP contribution is 2.39. The van der Waals surface area contributed by atoms with Gasteiger partial charge in [0.25, 0.3) is 5.91 Å². The van der Waals surface area contributed by atoms with Crippen molar-refractivity contribution in [2.75, 3.05) is 25.1 Å². The van der Waals surface area contributed by atoms with E-state index < -0.39 is 11.1 Å². The number of carbonyl (C=O) groups excluding carboxylic acids is 2. The third-order valence-corrected chi connectivity index (χ3v) is 6.56. The van der Waals surface area contributed by atoms with Crippen LogP contribution in [0.1, 0.15) is 25.7 Å². The Hall–Kier alpha value is -2.05. The molecule has 2 saturated heterocycles. The van der Waals surface area contributed by atoms with Crippen LogP contribution in [0.3, 0.4) is 0 Å². The number of fused-ring (bicyclic) bond motifs is 8. The normalized spacial score (nSPS) is 27.9. The van der Waals surface area contributed by atoms with Gasteiger partial charge in [0.15, 0.2) is 11.4 Å². The van der Waals surface area contributed by atoms with Gasteiger partial charge in [-0.1, -0.05) is 42.5 Å². The summed E-state index contributed by atoms with van der Waals surface area (Å²) in [5, 5.41) is 6.27. The van der Waals surface area contributed by atoms with Gasteiger partial charge in [-0.2, -0.15) is 11.8 Å². The van der Waals surface area contributed by atoms with Crippen molar-refractivity contribution >= 4 is 23.5 Å². The summed E-state index contributed by atoms with van der Waals surface area (Å²) in [5.41, 5.74) is -1.51. The molecule has 0 unspecified atom stereocenters. The van der Waals surface area contributed by atoms with Crippen LogP contribution < -0.4 is 15.4 Å². The molecule has 0 aromatic heterocycles. The summed E-state index contributed by atoms with van der Waals surface area (Å²) >= 11 is 1.58. The number of carbonyl (C=O) groups is 2. The summed E-state index contributed by atoms with van der Waals surface area (Å²) in [4.78, 5) is 25.9. The molecule has 150 valence electrons. The summed E-state index contributed by atoms with van der Waals surface area (Å²) in [6.45, 7) is 0.538. The van der Waals surface area contributed by atoms with Crippen molar-refractivity contribution in [1.82, 2.24) is 10.6 Å². The fourth-order valence-electron chi connectivity index (χ4n) is 3.80. The van der Waals surface area contributed by atoms with E-state index in [4.69, 9.17) is 4.74 Å². The summed E-state index contributed by atoms with van der Waals surface area (Å²) in [6, 6.07) is 17.2. The predicted octanol–water partition coefficient (Wildman–Crippen LogP) is 2.89. The average Bonchev–Trinajstić information content (AvgIpc) is 2.75. The van der Waals surface area contributed by atoms with Crippen LogP contribution in [-0.4, -0.2) is 47.9 Å². The van der Waals surface area contributed by atoms with Crippen LogP contribution in [0.2, 0.25) is 0 Å². The molecule has 0 spiro atoms. The largest absolute Gasteiger partial charge is 0.477 e. The molecule has 1 saturated carbocycles. The maximum Gasteiger partial charge on any atom is 0.264 e. The zero-order valence-electron chi connectivity index (χ0n) is 16.3. The third kappa shape index (κ3) is 4.67. The van der Waals surface area contributed by atoms with Crippen LogP contribution in [0.5, 0.6) is 5.75 Å². The van der Waals surface area contributed by atoms with E-state index in [0.29, 0.717) is 43.7 Å². The summed E-state index contributed by atoms with van der Waals surface area (Å²) in [5.74, 6) is 1.97. The molecular weight excluding hydrogens is 372 g/mol. The highest BCUT2D eigenvalue weighted by molar-refractivity contribution is 7.99. The van der Waals surface area contributed by atoms with Crippen LogP contribution in [0.15, 0.2) is 54.6 Å². The summed E-state index contributed by atoms with van der Waals surface area (Å²) < 4.78 is 6.36. The number of Topliss-reactive ketones (excluding diaryl/α,β-unsaturated/α-hetero) is 1. The Balaban J connectivity index is 1.93. The SMILES string of the molecule is CNC12CCC(Oc3ccccccccc3)(CC1)C(=O)NCCSCC2=O. The molecule has 28 heavy (non-hydrogen) atoms. The van der Waals surface area contributed by atoms with Gasteiger partial charge < -0.3 is 15.4 Å². The van der Waals surface area contributed by atoms with Gasteiger partial charge in [-0.05, 0) is 44.9 Å². The standard InChI is InChI=1S/C22H28N2O3S/c1-23-21-11-13-22(14-12-21,20(26)24-15-16-28-17-19(21)25)27-18-9-7-5-3-2-4-6-8-10-18/h2-10,23H,11-17H2,1H3,(H,24,26). The van der Waals surface area contributed by atoms with E-state index in [-0.39, 0.29) is 11.7 Å². The molecule has 0 atom stereocenters. The fraction of sp³-hybridized carbons (Fsp3) is 0.455. The highest BCUT2D eigenvalue weighted by atomic mass is 32.2. The predicted molar refractivity (Wildman–Crippen MR) is 113 cm³/mol. The fourth-order valence-corrected chi connectivity index (χ4v) is 4.65. The molecule has 0 radical (unpaired) electrons. The molecule has 5 nitrogen and oxygen atoms in total. The van der Waals surface area contributed by atoms with Crippen molar-refractivity contribution < 1.29 is 14.3 Å². The first-order valence-corrected chi connectivity index (χ1v) is 10.9. The van der Waals surface area contributed by atoms with Crippen LogP contribution in [-0.2, 0) is 9.59 Å². The minimum absolute atomic E-state index is 0.0852. The van der Waals surface area contributed by atoms with E-state index >= 15 is 0 Å². The molecule has 4 rings (SSSR count). The number of likely N-dealkylation sites (N-methyl/N-ethyl adjacent to an activating group) is 1. The van der Waals surface area contributed by atoms with E-state index in [1.165, 1.54) is 0 Å². The van der Waals surface area contributed by atoms with E-state index in [1.807, 2.05) is 61.6 Å². The minimum Gasteiger partial charge on any atom is -0.477 e. The summed E-state index contributed by atoms with van der Waals surface area (Å²) in [7, 11) is 1.84. The van der Waals surface area contributed by atoms with Gasteiger partial charge in [-0.15, -0.1) is 0 Å². The Morgan fingerprint density at radius 2 is 1.57 bits per heavy atom. The Morgan fingerprint density at radius 3 is 2.18 bits per heavy atom. The van der Waals surface area contributed by atoms with Crippen molar-refractivity contribution in [3.05, 3.63) is 54.6 Å². The van der Waals surface area contributed by atoms with Crippen LogP contribution in [0, 0.1) is 0 Å². The lowest BCUT2D eigenvalue weighted by Crippen LogP contribution is -2.61. The van der Waals surface area contributed by atoms with E-state index in [2.05, 4.69) is 10.6 Å². The van der Waals surface area contributed by atoms with Gasteiger partial charge in [0.2, 0.25) is 0 Å². The first-order valence-electron chi connectivity index (χ1n) is 9.76. The average molecular weight is 401 g/mol. The molecule has 2 aliphatic heterocycles. The Labute approximate surface area is 171 Å². The zero-order chi connectivity index (χ0) is 19.9. The number of hydrogen-bond donors (Lipinski definition) is 2. The number of thioether (sulfide) groups is 1. The van der Waals surface area contributed by atoms with Gasteiger partial charge in [-0.3, -0.25) is 9.59 Å². The van der Waals surface area contributed by atoms with Crippen molar-refractivity contribution in [3.8, 4) is 5.75 Å². The van der Waals surface area contributed by atoms with Gasteiger partial charge in [-0.25, -0.2) is 0 Å². The lowest BCUT2D eigenvalue weighted by atomic mass is 9.71. The van der Waals surface area contributed by atoms with Crippen LogP contribution in [0.4, 0.5) is 0 Å². The van der Waals surface area contributed by atoms with Gasteiger partial charge in [0, 0.05) is 12.3 Å². The first-order chi connectivity index (χ1) is 13.6. The second kappa shape index (κ2) is 9.43. The van der Waals surface area contributed by atoms with Gasteiger partial charge in [0.05, 0.1) is 11.3 Å². The number of ketones is 1. The molecule has 1 aromatic rings. The quantitative estimate of drug-likeness (QED) is 0.817. The van der Waals surface area contributed by atoms with Gasteiger partial charge >= 0.3 is 0 Å². The van der Waals surface area contributed by atoms with Crippen molar-refractivity contribution in [2.45, 2.75) is 36.8 Å². The minimum atomic E-state index is -0.955. The molecule has 1 aliphatic carbocycles. The Morgan fingerprint density at radius 1 is 0.964 bits per heavy atom. The van der Waals surface area contributed by atoms with Crippen LogP contribution >= 0.6 is 11.8 Å². The van der Waals surface area contributed by atoms with E-state index in [0.717, 1.165) is 5.75 Å². The molecular formula is C22H28N2O3S. The number of rotatable bonds is 3. The zero-order valence-corrected chi connectivity index (χ0v) is 17.1.